The summed E-state index contributed by atoms with van der Waals surface area (Å²) >= 11 is 0. The van der Waals surface area contributed by atoms with Crippen molar-refractivity contribution in [2.75, 3.05) is 24.7 Å². The maximum absolute atomic E-state index is 3.10. The first-order valence-corrected chi connectivity index (χ1v) is 8.15. The van der Waals surface area contributed by atoms with Crippen LogP contribution in [0, 0.1) is 13.8 Å². The number of hydrogen-bond acceptors (Lipinski definition) is 2. The van der Waals surface area contributed by atoms with Crippen LogP contribution >= 0.6 is 0 Å². The van der Waals surface area contributed by atoms with Gasteiger partial charge in [-0.15, -0.1) is 0 Å². The van der Waals surface area contributed by atoms with Gasteiger partial charge in [0.2, 0.25) is 0 Å². The molecule has 0 aliphatic heterocycles. The van der Waals surface area contributed by atoms with Crippen molar-refractivity contribution in [3.63, 3.8) is 0 Å². The minimum absolute atomic E-state index is 1.18. The topological polar surface area (TPSA) is 24.1 Å². The van der Waals surface area contributed by atoms with Crippen molar-refractivity contribution in [1.29, 1.82) is 0 Å². The molecule has 2 heteroatoms. The summed E-state index contributed by atoms with van der Waals surface area (Å²) in [5.74, 6) is 0. The second-order valence-electron chi connectivity index (χ2n) is 4.18. The van der Waals surface area contributed by atoms with E-state index in [0.717, 1.165) is 0 Å². The molecule has 22 heavy (non-hydrogen) atoms. The molecule has 0 atom stereocenters. The molecular weight excluding hydrogens is 268 g/mol. The number of benzene rings is 2. The number of para-hydroxylation sites is 1. The lowest BCUT2D eigenvalue weighted by atomic mass is 10.2. The lowest BCUT2D eigenvalue weighted by Gasteiger charge is -2.01. The number of anilines is 2. The van der Waals surface area contributed by atoms with Gasteiger partial charge in [0.15, 0.2) is 0 Å². The highest BCUT2D eigenvalue weighted by molar-refractivity contribution is 5.49. The van der Waals surface area contributed by atoms with Gasteiger partial charge >= 0.3 is 0 Å². The number of nitrogens with one attached hydrogen (secondary N) is 2. The van der Waals surface area contributed by atoms with E-state index >= 15 is 0 Å². The van der Waals surface area contributed by atoms with Gasteiger partial charge in [0, 0.05) is 25.5 Å². The summed E-state index contributed by atoms with van der Waals surface area (Å²) in [6, 6.07) is 16.5. The van der Waals surface area contributed by atoms with Crippen molar-refractivity contribution in [3.8, 4) is 0 Å². The fourth-order valence-corrected chi connectivity index (χ4v) is 1.65. The molecule has 0 radical (unpaired) electrons. The molecule has 124 valence electrons. The number of hydrogen-bond donors (Lipinski definition) is 2. The Morgan fingerprint density at radius 3 is 1.64 bits per heavy atom. The summed E-state index contributed by atoms with van der Waals surface area (Å²) in [5.41, 5.74) is 4.97. The van der Waals surface area contributed by atoms with Gasteiger partial charge in [0.1, 0.15) is 0 Å². The molecule has 0 aromatic heterocycles. The normalized spacial score (nSPS) is 8.00. The molecule has 2 nitrogen and oxygen atoms in total. The average molecular weight is 303 g/mol. The third kappa shape index (κ3) is 9.87. The smallest absolute Gasteiger partial charge is 0.0367 e. The van der Waals surface area contributed by atoms with Crippen LogP contribution in [0.1, 0.15) is 38.8 Å². The molecule has 0 saturated heterocycles. The molecule has 0 bridgehead atoms. The standard InChI is InChI=1S/2C8H11N.2C2H6/c1-7-4-3-5-8(6-7)9-2;1-7-5-3-4-6-8(7)9-2;2*1-2/h2*3-6,9H,1-2H3;2*1-2H3. The van der Waals surface area contributed by atoms with Crippen LogP contribution in [0.2, 0.25) is 0 Å². The van der Waals surface area contributed by atoms with Crippen molar-refractivity contribution in [2.45, 2.75) is 41.5 Å². The molecule has 0 saturated carbocycles. The molecule has 2 N–H and O–H groups in total. The SMILES string of the molecule is CC.CC.CNc1cccc(C)c1.CNc1ccccc1C. The van der Waals surface area contributed by atoms with E-state index in [1.807, 2.05) is 66.1 Å². The summed E-state index contributed by atoms with van der Waals surface area (Å²) in [4.78, 5) is 0. The van der Waals surface area contributed by atoms with Gasteiger partial charge in [-0.2, -0.15) is 0 Å². The molecule has 0 spiro atoms. The molecule has 2 aromatic carbocycles. The lowest BCUT2D eigenvalue weighted by Crippen LogP contribution is -1.89. The van der Waals surface area contributed by atoms with E-state index in [9.17, 15) is 0 Å². The van der Waals surface area contributed by atoms with E-state index in [2.05, 4.69) is 48.7 Å². The van der Waals surface area contributed by atoms with Gasteiger partial charge in [0.25, 0.3) is 0 Å². The first kappa shape index (κ1) is 22.3. The minimum Gasteiger partial charge on any atom is -0.388 e. The van der Waals surface area contributed by atoms with Crippen LogP contribution in [0.5, 0.6) is 0 Å². The molecule has 0 fully saturated rings. The van der Waals surface area contributed by atoms with Crippen molar-refractivity contribution in [3.05, 3.63) is 59.7 Å². The highest BCUT2D eigenvalue weighted by Crippen LogP contribution is 2.11. The average Bonchev–Trinajstić information content (AvgIpc) is 2.59. The summed E-state index contributed by atoms with van der Waals surface area (Å²) in [6.45, 7) is 12.2. The van der Waals surface area contributed by atoms with E-state index in [-0.39, 0.29) is 0 Å². The van der Waals surface area contributed by atoms with Crippen molar-refractivity contribution in [2.24, 2.45) is 0 Å². The van der Waals surface area contributed by atoms with Crippen LogP contribution in [-0.2, 0) is 0 Å². The van der Waals surface area contributed by atoms with Crippen molar-refractivity contribution in [1.82, 2.24) is 0 Å². The van der Waals surface area contributed by atoms with Crippen LogP contribution in [0.4, 0.5) is 11.4 Å². The minimum atomic E-state index is 1.18. The number of rotatable bonds is 2. The maximum atomic E-state index is 3.10. The van der Waals surface area contributed by atoms with E-state index in [1.54, 1.807) is 0 Å². The first-order valence-electron chi connectivity index (χ1n) is 8.15. The predicted molar refractivity (Wildman–Crippen MR) is 104 cm³/mol. The van der Waals surface area contributed by atoms with Crippen LogP contribution in [-0.4, -0.2) is 14.1 Å². The molecule has 2 rings (SSSR count). The summed E-state index contributed by atoms with van der Waals surface area (Å²) in [7, 11) is 3.86. The third-order valence-corrected chi connectivity index (χ3v) is 2.72. The van der Waals surface area contributed by atoms with Gasteiger partial charge in [-0.3, -0.25) is 0 Å². The molecule has 0 aliphatic rings. The second-order valence-corrected chi connectivity index (χ2v) is 4.18. The van der Waals surface area contributed by atoms with Gasteiger partial charge < -0.3 is 10.6 Å². The summed E-state index contributed by atoms with van der Waals surface area (Å²) in [5, 5.41) is 6.16. The van der Waals surface area contributed by atoms with E-state index in [4.69, 9.17) is 0 Å². The highest BCUT2D eigenvalue weighted by Gasteiger charge is 1.88. The quantitative estimate of drug-likeness (QED) is 0.697. The van der Waals surface area contributed by atoms with Crippen molar-refractivity contribution >= 4 is 11.4 Å². The Labute approximate surface area is 138 Å². The lowest BCUT2D eigenvalue weighted by molar-refractivity contribution is 1.41. The van der Waals surface area contributed by atoms with Gasteiger partial charge in [-0.05, 0) is 43.2 Å². The summed E-state index contributed by atoms with van der Waals surface area (Å²) in [6.07, 6.45) is 0. The second kappa shape index (κ2) is 15.4. The van der Waals surface area contributed by atoms with Crippen LogP contribution in [0.15, 0.2) is 48.5 Å². The van der Waals surface area contributed by atoms with E-state index in [1.165, 1.54) is 22.5 Å². The van der Waals surface area contributed by atoms with Gasteiger partial charge in [-0.25, -0.2) is 0 Å². The fraction of sp³-hybridized carbons (Fsp3) is 0.400. The maximum Gasteiger partial charge on any atom is 0.0367 e. The molecule has 0 amide bonds. The summed E-state index contributed by atoms with van der Waals surface area (Å²) < 4.78 is 0. The molecule has 0 aliphatic carbocycles. The molecule has 0 unspecified atom stereocenters. The van der Waals surface area contributed by atoms with E-state index < -0.39 is 0 Å². The first-order chi connectivity index (χ1) is 10.7. The highest BCUT2D eigenvalue weighted by atomic mass is 14.8. The van der Waals surface area contributed by atoms with Gasteiger partial charge in [0.05, 0.1) is 0 Å². The van der Waals surface area contributed by atoms with Gasteiger partial charge in [-0.1, -0.05) is 58.0 Å². The zero-order valence-corrected chi connectivity index (χ0v) is 15.6. The Hall–Kier alpha value is -1.96. The Bertz CT molecular complexity index is 479. The molecule has 0 heterocycles. The zero-order valence-electron chi connectivity index (χ0n) is 15.6. The Kier molecular flexibility index (Phi) is 15.7. The Balaban J connectivity index is 0. The molecular formula is C20H34N2. The van der Waals surface area contributed by atoms with Crippen LogP contribution in [0.3, 0.4) is 0 Å². The monoisotopic (exact) mass is 302 g/mol. The van der Waals surface area contributed by atoms with E-state index in [0.29, 0.717) is 0 Å². The Morgan fingerprint density at radius 2 is 1.27 bits per heavy atom. The number of aryl methyl sites for hydroxylation is 2. The fourth-order valence-electron chi connectivity index (χ4n) is 1.65. The largest absolute Gasteiger partial charge is 0.388 e. The van der Waals surface area contributed by atoms with Crippen molar-refractivity contribution < 1.29 is 0 Å². The van der Waals surface area contributed by atoms with Crippen LogP contribution < -0.4 is 10.6 Å². The zero-order chi connectivity index (χ0) is 17.4. The third-order valence-electron chi connectivity index (χ3n) is 2.72. The van der Waals surface area contributed by atoms with Crippen LogP contribution in [0.25, 0.3) is 0 Å². The predicted octanol–water partition coefficient (Wildman–Crippen LogP) is 6.13. The Morgan fingerprint density at radius 1 is 0.682 bits per heavy atom. The molecule has 2 aromatic rings.